The summed E-state index contributed by atoms with van der Waals surface area (Å²) in [5.74, 6) is 0.951. The Hall–Kier alpha value is -0.910. The largest absolute Gasteiger partial charge is 0.380 e. The summed E-state index contributed by atoms with van der Waals surface area (Å²) >= 11 is 1.53. The van der Waals surface area contributed by atoms with Crippen LogP contribution in [0.3, 0.4) is 0 Å². The molecule has 2 saturated heterocycles. The van der Waals surface area contributed by atoms with Crippen LogP contribution in [0, 0.1) is 11.3 Å². The number of carbonyl (C=O) groups is 1. The van der Waals surface area contributed by atoms with Crippen molar-refractivity contribution in [1.82, 2.24) is 4.90 Å². The van der Waals surface area contributed by atoms with Crippen molar-refractivity contribution in [1.29, 1.82) is 0 Å². The molecular weight excluding hydrogens is 310 g/mol. The van der Waals surface area contributed by atoms with Gasteiger partial charge in [-0.2, -0.15) is 0 Å². The third-order valence-corrected chi connectivity index (χ3v) is 6.31. The maximum Gasteiger partial charge on any atom is 0.263 e. The highest BCUT2D eigenvalue weighted by Crippen LogP contribution is 2.41. The van der Waals surface area contributed by atoms with Crippen LogP contribution in [0.4, 0.5) is 0 Å². The van der Waals surface area contributed by atoms with E-state index in [0.717, 1.165) is 63.0 Å². The van der Waals surface area contributed by atoms with Gasteiger partial charge in [-0.1, -0.05) is 6.07 Å². The average molecular weight is 335 g/mol. The molecule has 2 aliphatic heterocycles. The van der Waals surface area contributed by atoms with Crippen molar-refractivity contribution in [3.05, 3.63) is 22.4 Å². The fraction of sp³-hybridized carbons (Fsp3) is 0.722. The number of fused-ring (bicyclic) bond motifs is 1. The minimum Gasteiger partial charge on any atom is -0.380 e. The Kier molecular flexibility index (Phi) is 4.43. The number of thiophene rings is 1. The second-order valence-corrected chi connectivity index (χ2v) is 8.22. The predicted octanol–water partition coefficient (Wildman–Crippen LogP) is 3.19. The average Bonchev–Trinajstić information content (AvgIpc) is 3.24. The molecule has 3 heterocycles. The van der Waals surface area contributed by atoms with Crippen LogP contribution in [-0.4, -0.2) is 49.8 Å². The summed E-state index contributed by atoms with van der Waals surface area (Å²) in [6.45, 7) is 4.05. The van der Waals surface area contributed by atoms with Crippen molar-refractivity contribution in [3.63, 3.8) is 0 Å². The topological polar surface area (TPSA) is 38.8 Å². The van der Waals surface area contributed by atoms with E-state index >= 15 is 0 Å². The van der Waals surface area contributed by atoms with E-state index in [4.69, 9.17) is 9.47 Å². The van der Waals surface area contributed by atoms with Gasteiger partial charge in [0.15, 0.2) is 0 Å². The summed E-state index contributed by atoms with van der Waals surface area (Å²) in [5.41, 5.74) is -0.00168. The molecule has 0 unspecified atom stereocenters. The third kappa shape index (κ3) is 3.32. The number of piperidine rings is 1. The Bertz CT molecular complexity index is 542. The van der Waals surface area contributed by atoms with Crippen molar-refractivity contribution in [2.75, 3.05) is 32.9 Å². The van der Waals surface area contributed by atoms with E-state index in [9.17, 15) is 4.79 Å². The van der Waals surface area contributed by atoms with Crippen LogP contribution in [0.2, 0.25) is 0 Å². The van der Waals surface area contributed by atoms with Crippen molar-refractivity contribution >= 4 is 17.2 Å². The molecule has 1 saturated carbocycles. The molecule has 5 heteroatoms. The summed E-state index contributed by atoms with van der Waals surface area (Å²) in [6, 6.07) is 3.87. The number of hydrogen-bond donors (Lipinski definition) is 0. The predicted molar refractivity (Wildman–Crippen MR) is 89.8 cm³/mol. The van der Waals surface area contributed by atoms with E-state index in [0.29, 0.717) is 0 Å². The van der Waals surface area contributed by atoms with Gasteiger partial charge in [-0.3, -0.25) is 4.79 Å². The van der Waals surface area contributed by atoms with Crippen LogP contribution in [0.25, 0.3) is 0 Å². The lowest BCUT2D eigenvalue weighted by molar-refractivity contribution is -0.147. The number of amides is 1. The number of rotatable bonds is 5. The molecule has 0 aromatic carbocycles. The van der Waals surface area contributed by atoms with Crippen LogP contribution in [0.5, 0.6) is 0 Å². The summed E-state index contributed by atoms with van der Waals surface area (Å²) in [5, 5.41) is 1.97. The first kappa shape index (κ1) is 15.6. The molecule has 4 nitrogen and oxygen atoms in total. The quantitative estimate of drug-likeness (QED) is 0.829. The van der Waals surface area contributed by atoms with Gasteiger partial charge < -0.3 is 14.4 Å². The summed E-state index contributed by atoms with van der Waals surface area (Å²) in [4.78, 5) is 15.6. The smallest absolute Gasteiger partial charge is 0.263 e. The normalized spacial score (nSPS) is 31.0. The zero-order valence-electron chi connectivity index (χ0n) is 13.5. The number of nitrogens with zero attached hydrogens (tertiary/aromatic N) is 1. The minimum absolute atomic E-state index is 0.00168. The maximum absolute atomic E-state index is 12.7. The Morgan fingerprint density at radius 2 is 2.35 bits per heavy atom. The molecule has 1 aromatic heterocycles. The van der Waals surface area contributed by atoms with Crippen molar-refractivity contribution in [3.8, 4) is 0 Å². The zero-order valence-corrected chi connectivity index (χ0v) is 14.4. The molecular formula is C18H25NO3S. The minimum atomic E-state index is -0.00168. The zero-order chi connectivity index (χ0) is 15.7. The molecule has 0 spiro atoms. The molecule has 126 valence electrons. The van der Waals surface area contributed by atoms with Gasteiger partial charge in [0, 0.05) is 31.7 Å². The van der Waals surface area contributed by atoms with Crippen molar-refractivity contribution in [2.24, 2.45) is 11.3 Å². The van der Waals surface area contributed by atoms with Gasteiger partial charge in [0.1, 0.15) is 0 Å². The fourth-order valence-corrected chi connectivity index (χ4v) is 4.63. The first-order chi connectivity index (χ1) is 11.3. The molecule has 2 atom stereocenters. The van der Waals surface area contributed by atoms with Gasteiger partial charge in [0.05, 0.1) is 17.6 Å². The third-order valence-electron chi connectivity index (χ3n) is 5.45. The monoisotopic (exact) mass is 335 g/mol. The summed E-state index contributed by atoms with van der Waals surface area (Å²) in [6.07, 6.45) is 6.00. The number of ether oxygens (including phenoxy) is 2. The van der Waals surface area contributed by atoms with E-state index in [-0.39, 0.29) is 17.4 Å². The molecule has 4 rings (SSSR count). The molecule has 1 aliphatic carbocycles. The number of carbonyl (C=O) groups excluding carboxylic acids is 1. The lowest BCUT2D eigenvalue weighted by Crippen LogP contribution is -2.58. The van der Waals surface area contributed by atoms with Crippen LogP contribution in [0.1, 0.15) is 41.8 Å². The second kappa shape index (κ2) is 6.54. The van der Waals surface area contributed by atoms with Crippen LogP contribution >= 0.6 is 11.3 Å². The lowest BCUT2D eigenvalue weighted by Gasteiger charge is -2.50. The molecule has 0 radical (unpaired) electrons. The van der Waals surface area contributed by atoms with Gasteiger partial charge in [0.2, 0.25) is 0 Å². The Labute approximate surface area is 141 Å². The molecule has 1 amide bonds. The van der Waals surface area contributed by atoms with Gasteiger partial charge >= 0.3 is 0 Å². The van der Waals surface area contributed by atoms with Crippen molar-refractivity contribution < 1.29 is 14.3 Å². The maximum atomic E-state index is 12.7. The Balaban J connectivity index is 1.46. The van der Waals surface area contributed by atoms with Crippen LogP contribution < -0.4 is 0 Å². The summed E-state index contributed by atoms with van der Waals surface area (Å²) in [7, 11) is 0. The molecule has 1 aromatic rings. The van der Waals surface area contributed by atoms with Crippen LogP contribution in [-0.2, 0) is 9.47 Å². The van der Waals surface area contributed by atoms with Gasteiger partial charge in [-0.05, 0) is 49.5 Å². The van der Waals surface area contributed by atoms with E-state index in [1.165, 1.54) is 24.2 Å². The van der Waals surface area contributed by atoms with Crippen molar-refractivity contribution in [2.45, 2.75) is 38.2 Å². The molecule has 23 heavy (non-hydrogen) atoms. The number of hydrogen-bond acceptors (Lipinski definition) is 4. The standard InChI is InChI=1S/C18H25NO3S/c20-17(15-3-1-10-23-15)19-8-6-16-18(12-19,7-2-9-22-16)13-21-11-14-4-5-14/h1,3,10,14,16H,2,4-9,11-13H2/t16-,18-/m0/s1. The molecule has 3 fully saturated rings. The van der Waals surface area contributed by atoms with E-state index < -0.39 is 0 Å². The summed E-state index contributed by atoms with van der Waals surface area (Å²) < 4.78 is 12.1. The van der Waals surface area contributed by atoms with Gasteiger partial charge in [-0.15, -0.1) is 11.3 Å². The highest BCUT2D eigenvalue weighted by molar-refractivity contribution is 7.12. The molecule has 3 aliphatic rings. The Morgan fingerprint density at radius 1 is 1.43 bits per heavy atom. The van der Waals surface area contributed by atoms with Gasteiger partial charge in [-0.25, -0.2) is 0 Å². The van der Waals surface area contributed by atoms with Crippen LogP contribution in [0.15, 0.2) is 17.5 Å². The SMILES string of the molecule is O=C(c1cccs1)N1CC[C@@H]2OCCC[C@@]2(COCC2CC2)C1. The molecule has 0 N–H and O–H groups in total. The molecule has 0 bridgehead atoms. The Morgan fingerprint density at radius 3 is 3.13 bits per heavy atom. The first-order valence-electron chi connectivity index (χ1n) is 8.79. The fourth-order valence-electron chi connectivity index (χ4n) is 3.94. The van der Waals surface area contributed by atoms with E-state index in [2.05, 4.69) is 0 Å². The highest BCUT2D eigenvalue weighted by Gasteiger charge is 2.47. The second-order valence-electron chi connectivity index (χ2n) is 7.28. The van der Waals surface area contributed by atoms with Gasteiger partial charge in [0.25, 0.3) is 5.91 Å². The number of likely N-dealkylation sites (tertiary alicyclic amines) is 1. The van der Waals surface area contributed by atoms with E-state index in [1.54, 1.807) is 0 Å². The van der Waals surface area contributed by atoms with E-state index in [1.807, 2.05) is 22.4 Å². The highest BCUT2D eigenvalue weighted by atomic mass is 32.1. The lowest BCUT2D eigenvalue weighted by atomic mass is 9.73. The first-order valence-corrected chi connectivity index (χ1v) is 9.67.